The predicted octanol–water partition coefficient (Wildman–Crippen LogP) is 3.13. The first-order chi connectivity index (χ1) is 11.6. The number of benzene rings is 1. The third-order valence-electron chi connectivity index (χ3n) is 4.01. The molecule has 0 fully saturated rings. The molecule has 0 saturated heterocycles. The van der Waals surface area contributed by atoms with Gasteiger partial charge in [0, 0.05) is 24.8 Å². The van der Waals surface area contributed by atoms with Gasteiger partial charge in [-0.3, -0.25) is 14.4 Å². The molecule has 1 aromatic carbocycles. The van der Waals surface area contributed by atoms with Crippen molar-refractivity contribution in [3.05, 3.63) is 46.8 Å². The van der Waals surface area contributed by atoms with Crippen LogP contribution < -0.4 is 5.32 Å². The van der Waals surface area contributed by atoms with Gasteiger partial charge in [0.25, 0.3) is 0 Å². The Balaban J connectivity index is 2.03. The zero-order chi connectivity index (χ0) is 18.8. The van der Waals surface area contributed by atoms with E-state index in [9.17, 15) is 18.0 Å². The highest BCUT2D eigenvalue weighted by molar-refractivity contribution is 5.93. The predicted molar refractivity (Wildman–Crippen MR) is 89.1 cm³/mol. The highest BCUT2D eigenvalue weighted by atomic mass is 19.4. The molecule has 0 atom stereocenters. The van der Waals surface area contributed by atoms with Crippen molar-refractivity contribution in [2.45, 2.75) is 26.6 Å². The summed E-state index contributed by atoms with van der Waals surface area (Å²) in [5, 5.41) is 6.66. The quantitative estimate of drug-likeness (QED) is 0.898. The molecule has 1 N–H and O–H groups in total. The summed E-state index contributed by atoms with van der Waals surface area (Å²) in [7, 11) is 3.58. The number of nitrogens with one attached hydrogen (secondary N) is 1. The van der Waals surface area contributed by atoms with Gasteiger partial charge in [-0.15, -0.1) is 0 Å². The Morgan fingerprint density at radius 1 is 1.28 bits per heavy atom. The van der Waals surface area contributed by atoms with Gasteiger partial charge in [0.15, 0.2) is 0 Å². The molecule has 0 aliphatic heterocycles. The van der Waals surface area contributed by atoms with E-state index in [2.05, 4.69) is 10.4 Å². The van der Waals surface area contributed by atoms with E-state index < -0.39 is 17.6 Å². The molecule has 0 saturated carbocycles. The molecule has 25 heavy (non-hydrogen) atoms. The van der Waals surface area contributed by atoms with Gasteiger partial charge in [0.1, 0.15) is 0 Å². The van der Waals surface area contributed by atoms with Gasteiger partial charge in [0.2, 0.25) is 5.91 Å². The van der Waals surface area contributed by atoms with Gasteiger partial charge in [-0.2, -0.15) is 18.3 Å². The Morgan fingerprint density at radius 3 is 2.48 bits per heavy atom. The van der Waals surface area contributed by atoms with Crippen LogP contribution in [0.1, 0.15) is 22.5 Å². The van der Waals surface area contributed by atoms with E-state index in [-0.39, 0.29) is 12.2 Å². The normalized spacial score (nSPS) is 11.8. The topological polar surface area (TPSA) is 50.2 Å². The summed E-state index contributed by atoms with van der Waals surface area (Å²) in [6, 6.07) is 4.94. The van der Waals surface area contributed by atoms with Gasteiger partial charge in [-0.1, -0.05) is 12.1 Å². The highest BCUT2D eigenvalue weighted by Gasteiger charge is 2.33. The van der Waals surface area contributed by atoms with Crippen molar-refractivity contribution in [3.8, 4) is 0 Å². The molecule has 8 heteroatoms. The van der Waals surface area contributed by atoms with Gasteiger partial charge in [0.05, 0.1) is 23.5 Å². The molecule has 2 rings (SSSR count). The fourth-order valence-corrected chi connectivity index (χ4v) is 2.65. The lowest BCUT2D eigenvalue weighted by Crippen LogP contribution is -2.30. The molecule has 1 heterocycles. The second kappa shape index (κ2) is 7.26. The highest BCUT2D eigenvalue weighted by Crippen LogP contribution is 2.34. The average molecular weight is 354 g/mol. The maximum atomic E-state index is 13.0. The lowest BCUT2D eigenvalue weighted by Gasteiger charge is -2.18. The van der Waals surface area contributed by atoms with E-state index in [0.29, 0.717) is 6.54 Å². The summed E-state index contributed by atoms with van der Waals surface area (Å²) >= 11 is 0. The number of aromatic nitrogens is 2. The number of amides is 1. The van der Waals surface area contributed by atoms with Crippen LogP contribution in [0.4, 0.5) is 18.9 Å². The van der Waals surface area contributed by atoms with E-state index >= 15 is 0 Å². The average Bonchev–Trinajstić information content (AvgIpc) is 2.73. The molecule has 0 aliphatic rings. The van der Waals surface area contributed by atoms with Crippen molar-refractivity contribution in [1.29, 1.82) is 0 Å². The van der Waals surface area contributed by atoms with Crippen LogP contribution in [0.25, 0.3) is 0 Å². The first-order valence-corrected chi connectivity index (χ1v) is 7.73. The van der Waals surface area contributed by atoms with Gasteiger partial charge in [-0.05, 0) is 33.0 Å². The fourth-order valence-electron chi connectivity index (χ4n) is 2.65. The number of halogens is 3. The maximum absolute atomic E-state index is 13.0. The summed E-state index contributed by atoms with van der Waals surface area (Å²) in [5.74, 6) is -0.501. The molecular weight excluding hydrogens is 333 g/mol. The van der Waals surface area contributed by atoms with Crippen LogP contribution in [-0.2, 0) is 24.6 Å². The third kappa shape index (κ3) is 4.60. The third-order valence-corrected chi connectivity index (χ3v) is 4.01. The molecule has 0 spiro atoms. The number of para-hydroxylation sites is 1. The van der Waals surface area contributed by atoms with Crippen molar-refractivity contribution in [1.82, 2.24) is 14.7 Å². The minimum Gasteiger partial charge on any atom is -0.324 e. The summed E-state index contributed by atoms with van der Waals surface area (Å²) in [4.78, 5) is 13.9. The molecule has 1 amide bonds. The number of likely N-dealkylation sites (N-methyl/N-ethyl adjacent to an activating group) is 1. The van der Waals surface area contributed by atoms with E-state index in [1.807, 2.05) is 20.9 Å². The minimum atomic E-state index is -4.51. The summed E-state index contributed by atoms with van der Waals surface area (Å²) in [5.41, 5.74) is 1.78. The van der Waals surface area contributed by atoms with Crippen LogP contribution in [0.5, 0.6) is 0 Å². The molecule has 136 valence electrons. The smallest absolute Gasteiger partial charge is 0.324 e. The monoisotopic (exact) mass is 354 g/mol. The number of aryl methyl sites for hydroxylation is 2. The molecule has 0 unspecified atom stereocenters. The summed E-state index contributed by atoms with van der Waals surface area (Å²) in [6.45, 7) is 4.28. The van der Waals surface area contributed by atoms with E-state index in [0.717, 1.165) is 23.0 Å². The standard InChI is InChI=1S/C17H21F3N4O/c1-11-13(12(2)24(4)22-11)9-23(3)10-16(25)21-15-8-6-5-7-14(15)17(18,19)20/h5-8H,9-10H2,1-4H3,(H,21,25). The molecular formula is C17H21F3N4O. The molecule has 1 aromatic heterocycles. The van der Waals surface area contributed by atoms with Crippen molar-refractivity contribution in [2.24, 2.45) is 7.05 Å². The Labute approximate surface area is 144 Å². The van der Waals surface area contributed by atoms with Crippen LogP contribution in [0.15, 0.2) is 24.3 Å². The van der Waals surface area contributed by atoms with Crippen molar-refractivity contribution >= 4 is 11.6 Å². The zero-order valence-electron chi connectivity index (χ0n) is 14.6. The Morgan fingerprint density at radius 2 is 1.92 bits per heavy atom. The number of hydrogen-bond acceptors (Lipinski definition) is 3. The summed E-state index contributed by atoms with van der Waals surface area (Å²) in [6.07, 6.45) is -4.51. The van der Waals surface area contributed by atoms with E-state index in [1.165, 1.54) is 18.2 Å². The maximum Gasteiger partial charge on any atom is 0.418 e. The summed E-state index contributed by atoms with van der Waals surface area (Å²) < 4.78 is 40.7. The molecule has 5 nitrogen and oxygen atoms in total. The molecule has 0 radical (unpaired) electrons. The minimum absolute atomic E-state index is 0.0278. The number of alkyl halides is 3. The fraction of sp³-hybridized carbons (Fsp3) is 0.412. The number of anilines is 1. The first kappa shape index (κ1) is 19.0. The van der Waals surface area contributed by atoms with Gasteiger partial charge >= 0.3 is 6.18 Å². The van der Waals surface area contributed by atoms with Crippen LogP contribution in [-0.4, -0.2) is 34.2 Å². The van der Waals surface area contributed by atoms with Crippen molar-refractivity contribution in [3.63, 3.8) is 0 Å². The molecule has 0 bridgehead atoms. The first-order valence-electron chi connectivity index (χ1n) is 7.73. The lowest BCUT2D eigenvalue weighted by atomic mass is 10.1. The number of hydrogen-bond donors (Lipinski definition) is 1. The number of carbonyl (C=O) groups excluding carboxylic acids is 1. The van der Waals surface area contributed by atoms with Gasteiger partial charge in [-0.25, -0.2) is 0 Å². The van der Waals surface area contributed by atoms with Crippen molar-refractivity contribution < 1.29 is 18.0 Å². The number of nitrogens with zero attached hydrogens (tertiary/aromatic N) is 3. The number of carbonyl (C=O) groups is 1. The zero-order valence-corrected chi connectivity index (χ0v) is 14.6. The van der Waals surface area contributed by atoms with Crippen LogP contribution in [0.2, 0.25) is 0 Å². The lowest BCUT2D eigenvalue weighted by molar-refractivity contribution is -0.137. The van der Waals surface area contributed by atoms with Crippen molar-refractivity contribution in [2.75, 3.05) is 18.9 Å². The van der Waals surface area contributed by atoms with E-state index in [4.69, 9.17) is 0 Å². The Kier molecular flexibility index (Phi) is 5.52. The van der Waals surface area contributed by atoms with Crippen LogP contribution in [0.3, 0.4) is 0 Å². The Bertz CT molecular complexity index is 768. The van der Waals surface area contributed by atoms with Crippen LogP contribution in [0, 0.1) is 13.8 Å². The second-order valence-corrected chi connectivity index (χ2v) is 6.04. The molecule has 0 aliphatic carbocycles. The largest absolute Gasteiger partial charge is 0.418 e. The molecule has 2 aromatic rings. The second-order valence-electron chi connectivity index (χ2n) is 6.04. The van der Waals surface area contributed by atoms with Crippen LogP contribution >= 0.6 is 0 Å². The number of rotatable bonds is 5. The van der Waals surface area contributed by atoms with E-state index in [1.54, 1.807) is 16.6 Å². The Hall–Kier alpha value is -2.35. The van der Waals surface area contributed by atoms with Gasteiger partial charge < -0.3 is 5.32 Å². The SMILES string of the molecule is Cc1nn(C)c(C)c1CN(C)CC(=O)Nc1ccccc1C(F)(F)F.